The van der Waals surface area contributed by atoms with Crippen LogP contribution in [0.1, 0.15) is 18.7 Å². The van der Waals surface area contributed by atoms with Crippen molar-refractivity contribution in [2.75, 3.05) is 41.3 Å². The number of hydrogen-bond donors (Lipinski definition) is 2. The summed E-state index contributed by atoms with van der Waals surface area (Å²) in [5.41, 5.74) is 2.12. The molecule has 1 saturated heterocycles. The molecule has 11 heteroatoms. The van der Waals surface area contributed by atoms with Crippen LogP contribution in [0.15, 0.2) is 101 Å². The van der Waals surface area contributed by atoms with E-state index in [1.54, 1.807) is 17.0 Å². The third-order valence-corrected chi connectivity index (χ3v) is 8.48. The van der Waals surface area contributed by atoms with E-state index in [9.17, 15) is 9.59 Å². The van der Waals surface area contributed by atoms with Crippen LogP contribution in [-0.2, 0) is 0 Å². The molecule has 0 aliphatic carbocycles. The number of para-hydroxylation sites is 1. The van der Waals surface area contributed by atoms with Gasteiger partial charge in [0.15, 0.2) is 5.43 Å². The summed E-state index contributed by atoms with van der Waals surface area (Å²) in [7, 11) is 0. The number of hydrogen-bond acceptors (Lipinski definition) is 8. The standard InChI is InChI=1S/C33H29ClN8O2/c1-21(39-32-28-25(43)13-15-36-31(28)37-20-38-32)30-29(34)23-10-7-11-24(27(23)33(44)42(30)22-8-3-2-4-9-22)40-16-18-41(19-17-40)26-12-5-6-14-35-26/h2-15,20-21H,16-19H2,1H3,(H2,36,37,38,39,43)/t21-/m0/s1. The van der Waals surface area contributed by atoms with Crippen LogP contribution in [0.3, 0.4) is 0 Å². The number of pyridine rings is 3. The number of nitrogens with one attached hydrogen (secondary N) is 2. The molecule has 10 nitrogen and oxygen atoms in total. The maximum Gasteiger partial charge on any atom is 0.265 e. The zero-order valence-electron chi connectivity index (χ0n) is 23.9. The Kier molecular flexibility index (Phi) is 7.19. The normalized spacial score (nSPS) is 14.2. The van der Waals surface area contributed by atoms with Gasteiger partial charge in [0, 0.05) is 55.7 Å². The van der Waals surface area contributed by atoms with Gasteiger partial charge in [-0.3, -0.25) is 14.2 Å². The predicted octanol–water partition coefficient (Wildman–Crippen LogP) is 5.17. The number of H-pyrrole nitrogens is 1. The Morgan fingerprint density at radius 2 is 1.61 bits per heavy atom. The number of piperazine rings is 1. The van der Waals surface area contributed by atoms with E-state index in [0.29, 0.717) is 44.0 Å². The quantitative estimate of drug-likeness (QED) is 0.268. The molecule has 2 N–H and O–H groups in total. The lowest BCUT2D eigenvalue weighted by molar-refractivity contribution is 0.648. The highest BCUT2D eigenvalue weighted by molar-refractivity contribution is 6.36. The lowest BCUT2D eigenvalue weighted by Crippen LogP contribution is -2.47. The molecule has 220 valence electrons. The van der Waals surface area contributed by atoms with Crippen molar-refractivity contribution in [3.05, 3.63) is 123 Å². The van der Waals surface area contributed by atoms with Crippen LogP contribution in [-0.4, -0.2) is 50.7 Å². The maximum atomic E-state index is 14.6. The van der Waals surface area contributed by atoms with Gasteiger partial charge < -0.3 is 20.1 Å². The van der Waals surface area contributed by atoms with Crippen molar-refractivity contribution in [2.24, 2.45) is 0 Å². The molecule has 0 radical (unpaired) electrons. The SMILES string of the molecule is C[C@H](Nc1ncnc2[nH]ccc(=O)c12)c1c(Cl)c2cccc(N3CCN(c4ccccn4)CC3)c2c(=O)n1-c1ccccc1. The lowest BCUT2D eigenvalue weighted by atomic mass is 10.0. The van der Waals surface area contributed by atoms with Crippen molar-refractivity contribution < 1.29 is 0 Å². The number of benzene rings is 2. The summed E-state index contributed by atoms with van der Waals surface area (Å²) in [6.07, 6.45) is 4.74. The minimum absolute atomic E-state index is 0.174. The summed E-state index contributed by atoms with van der Waals surface area (Å²) in [6, 6.07) is 22.1. The summed E-state index contributed by atoms with van der Waals surface area (Å²) in [5, 5.41) is 5.36. The largest absolute Gasteiger partial charge is 0.367 e. The Bertz CT molecular complexity index is 2090. The van der Waals surface area contributed by atoms with Crippen molar-refractivity contribution in [2.45, 2.75) is 13.0 Å². The topological polar surface area (TPSA) is 112 Å². The summed E-state index contributed by atoms with van der Waals surface area (Å²) in [5.74, 6) is 1.30. The second-order valence-corrected chi connectivity index (χ2v) is 11.1. The molecule has 44 heavy (non-hydrogen) atoms. The molecule has 0 unspecified atom stereocenters. The number of aromatic amines is 1. The molecule has 0 spiro atoms. The molecule has 4 aromatic heterocycles. The molecule has 6 aromatic rings. The smallest absolute Gasteiger partial charge is 0.265 e. The lowest BCUT2D eigenvalue weighted by Gasteiger charge is -2.37. The van der Waals surface area contributed by atoms with Gasteiger partial charge >= 0.3 is 0 Å². The van der Waals surface area contributed by atoms with Crippen LogP contribution in [0.5, 0.6) is 0 Å². The summed E-state index contributed by atoms with van der Waals surface area (Å²) >= 11 is 7.26. The van der Waals surface area contributed by atoms with Crippen LogP contribution in [0.4, 0.5) is 17.3 Å². The molecule has 1 fully saturated rings. The van der Waals surface area contributed by atoms with E-state index >= 15 is 0 Å². The third kappa shape index (κ3) is 4.83. The van der Waals surface area contributed by atoms with E-state index < -0.39 is 6.04 Å². The Balaban J connectivity index is 1.34. The summed E-state index contributed by atoms with van der Waals surface area (Å²) in [4.78, 5) is 47.9. The third-order valence-electron chi connectivity index (χ3n) is 8.08. The number of halogens is 1. The highest BCUT2D eigenvalue weighted by Gasteiger charge is 2.26. The molecule has 2 aromatic carbocycles. The second kappa shape index (κ2) is 11.5. The van der Waals surface area contributed by atoms with E-state index in [1.165, 1.54) is 12.4 Å². The zero-order valence-corrected chi connectivity index (χ0v) is 24.7. The Hall–Kier alpha value is -5.22. The van der Waals surface area contributed by atoms with Crippen molar-refractivity contribution in [3.63, 3.8) is 0 Å². The monoisotopic (exact) mass is 604 g/mol. The van der Waals surface area contributed by atoms with Gasteiger partial charge in [-0.1, -0.05) is 48.0 Å². The first-order valence-electron chi connectivity index (χ1n) is 14.4. The average Bonchev–Trinajstić information content (AvgIpc) is 3.07. The number of aromatic nitrogens is 5. The van der Waals surface area contributed by atoms with Gasteiger partial charge in [0.1, 0.15) is 29.0 Å². The molecule has 1 atom stereocenters. The molecule has 0 amide bonds. The number of anilines is 3. The highest BCUT2D eigenvalue weighted by Crippen LogP contribution is 2.36. The molecular weight excluding hydrogens is 576 g/mol. The predicted molar refractivity (Wildman–Crippen MR) is 175 cm³/mol. The fourth-order valence-electron chi connectivity index (χ4n) is 5.99. The van der Waals surface area contributed by atoms with Gasteiger partial charge in [0.05, 0.1) is 27.8 Å². The van der Waals surface area contributed by atoms with Gasteiger partial charge in [-0.2, -0.15) is 0 Å². The van der Waals surface area contributed by atoms with Crippen LogP contribution in [0, 0.1) is 0 Å². The fourth-order valence-corrected chi connectivity index (χ4v) is 6.40. The van der Waals surface area contributed by atoms with E-state index in [1.807, 2.05) is 73.7 Å². The van der Waals surface area contributed by atoms with E-state index in [4.69, 9.17) is 11.6 Å². The van der Waals surface area contributed by atoms with E-state index in [-0.39, 0.29) is 11.0 Å². The molecule has 0 saturated carbocycles. The molecular formula is C33H29ClN8O2. The number of nitrogens with zero attached hydrogens (tertiary/aromatic N) is 6. The summed E-state index contributed by atoms with van der Waals surface area (Å²) in [6.45, 7) is 4.91. The summed E-state index contributed by atoms with van der Waals surface area (Å²) < 4.78 is 1.67. The van der Waals surface area contributed by atoms with Gasteiger partial charge in [-0.05, 0) is 37.3 Å². The van der Waals surface area contributed by atoms with E-state index in [2.05, 4.69) is 35.1 Å². The average molecular weight is 605 g/mol. The first-order valence-corrected chi connectivity index (χ1v) is 14.8. The first-order chi connectivity index (χ1) is 21.5. The van der Waals surface area contributed by atoms with Gasteiger partial charge in [0.2, 0.25) is 0 Å². The molecule has 7 rings (SSSR count). The minimum atomic E-state index is -0.511. The Morgan fingerprint density at radius 3 is 2.39 bits per heavy atom. The van der Waals surface area contributed by atoms with Crippen molar-refractivity contribution in [1.82, 2.24) is 24.5 Å². The van der Waals surface area contributed by atoms with Gasteiger partial charge in [0.25, 0.3) is 5.56 Å². The molecule has 0 bridgehead atoms. The van der Waals surface area contributed by atoms with Gasteiger partial charge in [-0.15, -0.1) is 0 Å². The molecule has 1 aliphatic heterocycles. The fraction of sp³-hybridized carbons (Fsp3) is 0.182. The van der Waals surface area contributed by atoms with Crippen LogP contribution in [0.2, 0.25) is 5.02 Å². The maximum absolute atomic E-state index is 14.6. The molecule has 1 aliphatic rings. The minimum Gasteiger partial charge on any atom is -0.367 e. The number of fused-ring (bicyclic) bond motifs is 2. The van der Waals surface area contributed by atoms with Crippen LogP contribution in [0.25, 0.3) is 27.5 Å². The highest BCUT2D eigenvalue weighted by atomic mass is 35.5. The Morgan fingerprint density at radius 1 is 0.841 bits per heavy atom. The van der Waals surface area contributed by atoms with Crippen molar-refractivity contribution in [1.29, 1.82) is 0 Å². The van der Waals surface area contributed by atoms with Crippen molar-refractivity contribution >= 4 is 50.7 Å². The van der Waals surface area contributed by atoms with Gasteiger partial charge in [-0.25, -0.2) is 15.0 Å². The second-order valence-electron chi connectivity index (χ2n) is 10.7. The Labute approximate surface area is 257 Å². The van der Waals surface area contributed by atoms with Crippen LogP contribution >= 0.6 is 11.6 Å². The number of rotatable bonds is 6. The van der Waals surface area contributed by atoms with Crippen LogP contribution < -0.4 is 26.1 Å². The van der Waals surface area contributed by atoms with E-state index in [0.717, 1.165) is 37.7 Å². The first kappa shape index (κ1) is 27.6. The van der Waals surface area contributed by atoms with Crippen molar-refractivity contribution in [3.8, 4) is 5.69 Å². The molecule has 5 heterocycles. The zero-order chi connectivity index (χ0) is 30.2.